The van der Waals surface area contributed by atoms with Gasteiger partial charge in [-0.05, 0) is 25.5 Å². The summed E-state index contributed by atoms with van der Waals surface area (Å²) >= 11 is 0. The summed E-state index contributed by atoms with van der Waals surface area (Å²) in [5, 5.41) is 0. The molecule has 0 aliphatic rings. The van der Waals surface area contributed by atoms with Crippen LogP contribution in [0, 0.1) is 6.92 Å². The molecule has 3 heteroatoms. The number of aryl methyl sites for hydroxylation is 1. The molecule has 3 nitrogen and oxygen atoms in total. The average molecular weight is 193 g/mol. The summed E-state index contributed by atoms with van der Waals surface area (Å²) in [5.74, 6) is -0.413. The van der Waals surface area contributed by atoms with Gasteiger partial charge in [-0.2, -0.15) is 0 Å². The van der Waals surface area contributed by atoms with E-state index in [0.29, 0.717) is 5.56 Å². The van der Waals surface area contributed by atoms with E-state index in [2.05, 4.69) is 0 Å². The Labute approximate surface area is 83.9 Å². The summed E-state index contributed by atoms with van der Waals surface area (Å²) < 4.78 is 5.17. The van der Waals surface area contributed by atoms with Crippen molar-refractivity contribution >= 4 is 5.91 Å². The van der Waals surface area contributed by atoms with Crippen molar-refractivity contribution in [2.75, 3.05) is 7.11 Å². The van der Waals surface area contributed by atoms with Crippen molar-refractivity contribution in [2.45, 2.75) is 20.0 Å². The zero-order valence-corrected chi connectivity index (χ0v) is 8.70. The van der Waals surface area contributed by atoms with Gasteiger partial charge in [0.15, 0.2) is 0 Å². The third kappa shape index (κ3) is 2.12. The Morgan fingerprint density at radius 2 is 2.14 bits per heavy atom. The van der Waals surface area contributed by atoms with Gasteiger partial charge in [-0.1, -0.05) is 17.7 Å². The van der Waals surface area contributed by atoms with E-state index in [4.69, 9.17) is 10.5 Å². The van der Waals surface area contributed by atoms with Crippen molar-refractivity contribution in [2.24, 2.45) is 5.73 Å². The molecule has 2 N–H and O–H groups in total. The van der Waals surface area contributed by atoms with E-state index >= 15 is 0 Å². The average Bonchev–Trinajstić information content (AvgIpc) is 2.16. The lowest BCUT2D eigenvalue weighted by atomic mass is 10.0. The van der Waals surface area contributed by atoms with E-state index < -0.39 is 5.91 Å². The number of methoxy groups -OCH3 is 1. The Morgan fingerprint density at radius 1 is 1.50 bits per heavy atom. The highest BCUT2D eigenvalue weighted by molar-refractivity contribution is 5.94. The summed E-state index contributed by atoms with van der Waals surface area (Å²) in [6.45, 7) is 3.86. The number of benzene rings is 1. The number of hydrogen-bond acceptors (Lipinski definition) is 2. The van der Waals surface area contributed by atoms with Crippen LogP contribution in [0.2, 0.25) is 0 Å². The SMILES string of the molecule is CO[C@@H](C)c1cc(C)ccc1C(N)=O. The number of primary amides is 1. The minimum atomic E-state index is -0.413. The fraction of sp³-hybridized carbons (Fsp3) is 0.364. The molecular formula is C11H15NO2. The predicted octanol–water partition coefficient (Wildman–Crippen LogP) is 1.80. The van der Waals surface area contributed by atoms with Crippen LogP contribution in [0.4, 0.5) is 0 Å². The monoisotopic (exact) mass is 193 g/mol. The van der Waals surface area contributed by atoms with Gasteiger partial charge in [-0.3, -0.25) is 4.79 Å². The highest BCUT2D eigenvalue weighted by atomic mass is 16.5. The fourth-order valence-corrected chi connectivity index (χ4v) is 1.37. The number of rotatable bonds is 3. The smallest absolute Gasteiger partial charge is 0.249 e. The van der Waals surface area contributed by atoms with Crippen LogP contribution in [0.1, 0.15) is 34.5 Å². The first-order chi connectivity index (χ1) is 6.56. The number of carbonyl (C=O) groups is 1. The van der Waals surface area contributed by atoms with Crippen LogP contribution in [0.3, 0.4) is 0 Å². The summed E-state index contributed by atoms with van der Waals surface area (Å²) in [6, 6.07) is 5.53. The number of amides is 1. The van der Waals surface area contributed by atoms with Gasteiger partial charge in [-0.15, -0.1) is 0 Å². The molecule has 0 unspecified atom stereocenters. The maximum absolute atomic E-state index is 11.1. The Morgan fingerprint density at radius 3 is 2.64 bits per heavy atom. The van der Waals surface area contributed by atoms with E-state index in [0.717, 1.165) is 11.1 Å². The molecule has 0 spiro atoms. The second kappa shape index (κ2) is 4.24. The van der Waals surface area contributed by atoms with Gasteiger partial charge in [0.2, 0.25) is 5.91 Å². The molecule has 0 bridgehead atoms. The number of nitrogens with two attached hydrogens (primary N) is 1. The zero-order valence-electron chi connectivity index (χ0n) is 8.70. The molecule has 0 fully saturated rings. The lowest BCUT2D eigenvalue weighted by molar-refractivity contribution is 0.0977. The van der Waals surface area contributed by atoms with E-state index in [9.17, 15) is 4.79 Å². The second-order valence-electron chi connectivity index (χ2n) is 3.33. The van der Waals surface area contributed by atoms with Gasteiger partial charge < -0.3 is 10.5 Å². The maximum Gasteiger partial charge on any atom is 0.249 e. The van der Waals surface area contributed by atoms with Gasteiger partial charge >= 0.3 is 0 Å². The predicted molar refractivity (Wildman–Crippen MR) is 55.1 cm³/mol. The molecule has 1 amide bonds. The minimum Gasteiger partial charge on any atom is -0.377 e. The molecule has 76 valence electrons. The first-order valence-electron chi connectivity index (χ1n) is 4.49. The van der Waals surface area contributed by atoms with Gasteiger partial charge in [0.1, 0.15) is 0 Å². The van der Waals surface area contributed by atoms with Gasteiger partial charge in [-0.25, -0.2) is 0 Å². The van der Waals surface area contributed by atoms with Gasteiger partial charge in [0.25, 0.3) is 0 Å². The fourth-order valence-electron chi connectivity index (χ4n) is 1.37. The van der Waals surface area contributed by atoms with Crippen molar-refractivity contribution in [3.8, 4) is 0 Å². The normalized spacial score (nSPS) is 12.5. The third-order valence-electron chi connectivity index (χ3n) is 2.26. The molecule has 0 aliphatic heterocycles. The number of ether oxygens (including phenoxy) is 1. The molecule has 0 heterocycles. The molecule has 1 aromatic rings. The van der Waals surface area contributed by atoms with Crippen LogP contribution < -0.4 is 5.73 Å². The summed E-state index contributed by atoms with van der Waals surface area (Å²) in [4.78, 5) is 11.1. The molecule has 0 aromatic heterocycles. The standard InChI is InChI=1S/C11H15NO2/c1-7-4-5-9(11(12)13)10(6-7)8(2)14-3/h4-6,8H,1-3H3,(H2,12,13)/t8-/m0/s1. The van der Waals surface area contributed by atoms with Crippen LogP contribution in [-0.4, -0.2) is 13.0 Å². The molecule has 1 rings (SSSR count). The Hall–Kier alpha value is -1.35. The number of carbonyl (C=O) groups excluding carboxylic acids is 1. The highest BCUT2D eigenvalue weighted by Crippen LogP contribution is 2.21. The summed E-state index contributed by atoms with van der Waals surface area (Å²) in [5.41, 5.74) is 7.73. The lowest BCUT2D eigenvalue weighted by Crippen LogP contribution is -2.15. The quantitative estimate of drug-likeness (QED) is 0.795. The molecule has 0 aliphatic carbocycles. The largest absolute Gasteiger partial charge is 0.377 e. The van der Waals surface area contributed by atoms with Gasteiger partial charge in [0, 0.05) is 12.7 Å². The van der Waals surface area contributed by atoms with Crippen molar-refractivity contribution < 1.29 is 9.53 Å². The van der Waals surface area contributed by atoms with Crippen molar-refractivity contribution in [3.05, 3.63) is 34.9 Å². The van der Waals surface area contributed by atoms with Crippen molar-refractivity contribution in [1.82, 2.24) is 0 Å². The van der Waals surface area contributed by atoms with Crippen molar-refractivity contribution in [1.29, 1.82) is 0 Å². The lowest BCUT2D eigenvalue weighted by Gasteiger charge is -2.13. The van der Waals surface area contributed by atoms with Crippen LogP contribution in [0.5, 0.6) is 0 Å². The third-order valence-corrected chi connectivity index (χ3v) is 2.26. The highest BCUT2D eigenvalue weighted by Gasteiger charge is 2.13. The molecule has 14 heavy (non-hydrogen) atoms. The Bertz CT molecular complexity index is 347. The minimum absolute atomic E-state index is 0.114. The molecule has 0 saturated carbocycles. The van der Waals surface area contributed by atoms with Crippen LogP contribution in [0.15, 0.2) is 18.2 Å². The van der Waals surface area contributed by atoms with E-state index in [1.165, 1.54) is 0 Å². The Kier molecular flexibility index (Phi) is 3.25. The molecule has 0 saturated heterocycles. The zero-order chi connectivity index (χ0) is 10.7. The maximum atomic E-state index is 11.1. The van der Waals surface area contributed by atoms with Crippen LogP contribution >= 0.6 is 0 Å². The van der Waals surface area contributed by atoms with E-state index in [-0.39, 0.29) is 6.10 Å². The molecular weight excluding hydrogens is 178 g/mol. The van der Waals surface area contributed by atoms with Crippen molar-refractivity contribution in [3.63, 3.8) is 0 Å². The van der Waals surface area contributed by atoms with E-state index in [1.807, 2.05) is 26.0 Å². The molecule has 1 atom stereocenters. The summed E-state index contributed by atoms with van der Waals surface area (Å²) in [6.07, 6.45) is -0.114. The summed E-state index contributed by atoms with van der Waals surface area (Å²) in [7, 11) is 1.61. The Balaban J connectivity index is 3.22. The topological polar surface area (TPSA) is 52.3 Å². The second-order valence-corrected chi connectivity index (χ2v) is 3.33. The molecule has 0 radical (unpaired) electrons. The molecule has 1 aromatic carbocycles. The number of hydrogen-bond donors (Lipinski definition) is 1. The van der Waals surface area contributed by atoms with Crippen LogP contribution in [-0.2, 0) is 4.74 Å². The first kappa shape index (κ1) is 10.7. The van der Waals surface area contributed by atoms with Gasteiger partial charge in [0.05, 0.1) is 6.10 Å². The first-order valence-corrected chi connectivity index (χ1v) is 4.49. The van der Waals surface area contributed by atoms with Crippen LogP contribution in [0.25, 0.3) is 0 Å². The van der Waals surface area contributed by atoms with E-state index in [1.54, 1.807) is 13.2 Å².